The lowest BCUT2D eigenvalue weighted by molar-refractivity contribution is 0.361. The summed E-state index contributed by atoms with van der Waals surface area (Å²) in [5, 5.41) is 0. The van der Waals surface area contributed by atoms with Gasteiger partial charge in [0.25, 0.3) is 0 Å². The van der Waals surface area contributed by atoms with E-state index in [9.17, 15) is 0 Å². The summed E-state index contributed by atoms with van der Waals surface area (Å²) < 4.78 is 14.4. The predicted octanol–water partition coefficient (Wildman–Crippen LogP) is 16.4. The van der Waals surface area contributed by atoms with E-state index in [1.54, 1.807) is 0 Å². The molecule has 0 bridgehead atoms. The summed E-state index contributed by atoms with van der Waals surface area (Å²) in [7, 11) is 0. The number of nitrogens with zero attached hydrogens (tertiary/aromatic N) is 1. The Kier molecular flexibility index (Phi) is 8.13. The van der Waals surface area contributed by atoms with Crippen molar-refractivity contribution in [2.45, 2.75) is 5.41 Å². The van der Waals surface area contributed by atoms with Gasteiger partial charge in [-0.15, -0.1) is 0 Å². The minimum atomic E-state index is -0.481. The Labute approximate surface area is 372 Å². The van der Waals surface area contributed by atoms with Gasteiger partial charge in [-0.3, -0.25) is 0 Å². The maximum atomic E-state index is 7.21. The van der Waals surface area contributed by atoms with Crippen LogP contribution in [0.1, 0.15) is 22.3 Å². The quantitative estimate of drug-likeness (QED) is 0.167. The average Bonchev–Trinajstić information content (AvgIpc) is 3.85. The fourth-order valence-electron chi connectivity index (χ4n) is 10.7. The van der Waals surface area contributed by atoms with Gasteiger partial charge >= 0.3 is 0 Å². The summed E-state index contributed by atoms with van der Waals surface area (Å²) in [5.41, 5.74) is 19.2. The second kappa shape index (κ2) is 14.3. The number of hydrogen-bond acceptors (Lipinski definition) is 3. The fraction of sp³-hybridized carbons (Fsp3) is 0.0164. The highest BCUT2D eigenvalue weighted by Crippen LogP contribution is 2.67. The van der Waals surface area contributed by atoms with Crippen molar-refractivity contribution in [1.29, 1.82) is 0 Å². The molecular weight excluding hydrogens is 779 g/mol. The smallest absolute Gasteiger partial charge is 0.194 e. The third-order valence-electron chi connectivity index (χ3n) is 13.4. The topological polar surface area (TPSA) is 21.7 Å². The first-order valence-electron chi connectivity index (χ1n) is 21.9. The van der Waals surface area contributed by atoms with Gasteiger partial charge in [0, 0.05) is 16.9 Å². The van der Waals surface area contributed by atoms with Crippen molar-refractivity contribution in [3.05, 3.63) is 259 Å². The largest absolute Gasteiger partial charge is 0.449 e. The molecule has 3 heteroatoms. The van der Waals surface area contributed by atoms with Gasteiger partial charge in [-0.2, -0.15) is 0 Å². The highest BCUT2D eigenvalue weighted by atomic mass is 16.6. The van der Waals surface area contributed by atoms with Crippen molar-refractivity contribution in [2.75, 3.05) is 4.90 Å². The van der Waals surface area contributed by atoms with Crippen LogP contribution in [0.5, 0.6) is 23.0 Å². The van der Waals surface area contributed by atoms with Crippen molar-refractivity contribution in [1.82, 2.24) is 0 Å². The molecule has 0 saturated heterocycles. The molecule has 0 amide bonds. The first kappa shape index (κ1) is 36.3. The molecule has 0 unspecified atom stereocenters. The molecule has 0 saturated carbocycles. The molecule has 64 heavy (non-hydrogen) atoms. The Balaban J connectivity index is 0.986. The summed E-state index contributed by atoms with van der Waals surface area (Å²) in [4.78, 5) is 2.30. The molecule has 13 rings (SSSR count). The van der Waals surface area contributed by atoms with E-state index < -0.39 is 5.41 Å². The third kappa shape index (κ3) is 5.34. The molecule has 0 N–H and O–H groups in total. The van der Waals surface area contributed by atoms with E-state index in [-0.39, 0.29) is 0 Å². The van der Waals surface area contributed by atoms with Gasteiger partial charge < -0.3 is 14.4 Å². The molecule has 2 aliphatic carbocycles. The zero-order valence-corrected chi connectivity index (χ0v) is 34.8. The van der Waals surface area contributed by atoms with Crippen molar-refractivity contribution in [3.8, 4) is 78.6 Å². The molecule has 0 atom stereocenters. The van der Waals surface area contributed by atoms with E-state index in [0.29, 0.717) is 17.2 Å². The van der Waals surface area contributed by atoms with Gasteiger partial charge in [0.1, 0.15) is 0 Å². The summed E-state index contributed by atoms with van der Waals surface area (Å²) >= 11 is 0. The molecule has 3 aliphatic rings. The second-order valence-corrected chi connectivity index (χ2v) is 16.7. The van der Waals surface area contributed by atoms with Crippen LogP contribution in [0.25, 0.3) is 55.6 Å². The Hall–Kier alpha value is -8.40. The fourth-order valence-corrected chi connectivity index (χ4v) is 10.7. The molecule has 1 heterocycles. The lowest BCUT2D eigenvalue weighted by Gasteiger charge is -2.32. The van der Waals surface area contributed by atoms with E-state index >= 15 is 0 Å². The highest BCUT2D eigenvalue weighted by molar-refractivity contribution is 5.98. The van der Waals surface area contributed by atoms with Gasteiger partial charge in [0.15, 0.2) is 23.0 Å². The van der Waals surface area contributed by atoms with E-state index in [0.717, 1.165) is 61.8 Å². The van der Waals surface area contributed by atoms with Crippen LogP contribution in [0.4, 0.5) is 17.1 Å². The van der Waals surface area contributed by atoms with Crippen LogP contribution in [0.2, 0.25) is 0 Å². The van der Waals surface area contributed by atoms with Crippen LogP contribution in [0.15, 0.2) is 237 Å². The lowest BCUT2D eigenvalue weighted by Crippen LogP contribution is -2.25. The lowest BCUT2D eigenvalue weighted by atomic mass is 9.70. The Morgan fingerprint density at radius 1 is 0.297 bits per heavy atom. The molecule has 3 nitrogen and oxygen atoms in total. The minimum absolute atomic E-state index is 0.481. The zero-order valence-electron chi connectivity index (χ0n) is 34.8. The monoisotopic (exact) mass is 817 g/mol. The van der Waals surface area contributed by atoms with Gasteiger partial charge in [-0.05, 0) is 115 Å². The van der Waals surface area contributed by atoms with E-state index in [4.69, 9.17) is 9.47 Å². The van der Waals surface area contributed by atoms with Crippen LogP contribution in [0.3, 0.4) is 0 Å². The Morgan fingerprint density at radius 2 is 0.797 bits per heavy atom. The Bertz CT molecular complexity index is 3390. The number of ether oxygens (including phenoxy) is 2. The third-order valence-corrected chi connectivity index (χ3v) is 13.4. The van der Waals surface area contributed by atoms with Gasteiger partial charge in [0.05, 0.1) is 11.1 Å². The summed E-state index contributed by atoms with van der Waals surface area (Å²) in [6.07, 6.45) is 0. The van der Waals surface area contributed by atoms with Crippen LogP contribution in [0, 0.1) is 0 Å². The molecule has 1 aliphatic heterocycles. The average molecular weight is 818 g/mol. The Morgan fingerprint density at radius 3 is 1.45 bits per heavy atom. The molecule has 10 aromatic carbocycles. The number of benzene rings is 10. The second-order valence-electron chi connectivity index (χ2n) is 16.7. The molecule has 1 spiro atoms. The van der Waals surface area contributed by atoms with Gasteiger partial charge in [-0.1, -0.05) is 194 Å². The molecule has 0 aromatic heterocycles. The van der Waals surface area contributed by atoms with Crippen molar-refractivity contribution in [2.24, 2.45) is 0 Å². The normalized spacial score (nSPS) is 13.1. The molecular formula is C61H39NO2. The van der Waals surface area contributed by atoms with Crippen LogP contribution < -0.4 is 14.4 Å². The van der Waals surface area contributed by atoms with Crippen LogP contribution in [-0.4, -0.2) is 0 Å². The number of fused-ring (bicyclic) bond motifs is 13. The van der Waals surface area contributed by atoms with Gasteiger partial charge in [-0.25, -0.2) is 0 Å². The van der Waals surface area contributed by atoms with Crippen LogP contribution in [-0.2, 0) is 5.41 Å². The number of hydrogen-bond donors (Lipinski definition) is 0. The van der Waals surface area contributed by atoms with Crippen molar-refractivity contribution in [3.63, 3.8) is 0 Å². The molecule has 10 aromatic rings. The number of para-hydroxylation sites is 1. The first-order chi connectivity index (χ1) is 31.8. The minimum Gasteiger partial charge on any atom is -0.449 e. The molecule has 0 fully saturated rings. The predicted molar refractivity (Wildman–Crippen MR) is 260 cm³/mol. The SMILES string of the molecule is c1ccc(-c2ccc(N(c3ccc(-c4ccccc4)c(-c4ccccc4)c3)c3cccc4c3Oc3ccc5c(c3O4)-c3ccccc3C53c4ccccc4-c4ccccc43)cc2)cc1. The number of rotatable bonds is 6. The van der Waals surface area contributed by atoms with Crippen LogP contribution >= 0.6 is 0 Å². The summed E-state index contributed by atoms with van der Waals surface area (Å²) in [5.74, 6) is 2.76. The maximum Gasteiger partial charge on any atom is 0.194 e. The number of anilines is 3. The molecule has 0 radical (unpaired) electrons. The summed E-state index contributed by atoms with van der Waals surface area (Å²) in [6.45, 7) is 0. The zero-order chi connectivity index (χ0) is 42.2. The van der Waals surface area contributed by atoms with Crippen molar-refractivity contribution >= 4 is 17.1 Å². The van der Waals surface area contributed by atoms with E-state index in [2.05, 4.69) is 235 Å². The maximum absolute atomic E-state index is 7.21. The van der Waals surface area contributed by atoms with E-state index in [1.807, 2.05) is 6.07 Å². The highest BCUT2D eigenvalue weighted by Gasteiger charge is 2.53. The van der Waals surface area contributed by atoms with Crippen molar-refractivity contribution < 1.29 is 9.47 Å². The standard InChI is InChI=1S/C61H39NO2/c1-4-17-40(18-5-1)41-31-33-44(34-32-41)62(45-35-36-46(42-19-6-2-7-20-42)50(39-45)43-21-8-3-9-22-43)55-29-16-30-56-59(55)63-57-38-37-54-58(60(57)64-56)49-25-12-15-28-53(49)61(54)51-26-13-10-23-47(51)48-24-11-14-27-52(48)61/h1-39H. The van der Waals surface area contributed by atoms with Gasteiger partial charge in [0.2, 0.25) is 0 Å². The first-order valence-corrected chi connectivity index (χ1v) is 21.9. The summed E-state index contributed by atoms with van der Waals surface area (Å²) in [6, 6.07) is 84.6. The molecule has 300 valence electrons. The van der Waals surface area contributed by atoms with E-state index in [1.165, 1.54) is 38.9 Å².